The quantitative estimate of drug-likeness (QED) is 0.665. The Labute approximate surface area is 185 Å². The van der Waals surface area contributed by atoms with Gasteiger partial charge in [-0.25, -0.2) is 5.43 Å². The second-order valence-corrected chi connectivity index (χ2v) is 8.49. The smallest absolute Gasteiger partial charge is 0.234 e. The van der Waals surface area contributed by atoms with Crippen molar-refractivity contribution in [3.63, 3.8) is 0 Å². The molecule has 0 bridgehead atoms. The molecule has 3 N–H and O–H groups in total. The fourth-order valence-corrected chi connectivity index (χ4v) is 4.85. The van der Waals surface area contributed by atoms with Gasteiger partial charge in [0.2, 0.25) is 5.91 Å². The zero-order valence-electron chi connectivity index (χ0n) is 17.1. The minimum atomic E-state index is -0.0845. The maximum atomic E-state index is 12.4. The van der Waals surface area contributed by atoms with E-state index in [4.69, 9.17) is 4.74 Å². The van der Waals surface area contributed by atoms with Gasteiger partial charge in [0.15, 0.2) is 5.17 Å². The number of fused-ring (bicyclic) bond motifs is 3. The number of hydrogen-bond acceptors (Lipinski definition) is 8. The number of anilines is 1. The lowest BCUT2D eigenvalue weighted by Crippen LogP contribution is -2.54. The minimum absolute atomic E-state index is 0.0372. The van der Waals surface area contributed by atoms with Crippen LogP contribution < -0.4 is 20.9 Å². The van der Waals surface area contributed by atoms with Crippen LogP contribution in [-0.2, 0) is 4.79 Å². The minimum Gasteiger partial charge on any atom is -0.497 e. The summed E-state index contributed by atoms with van der Waals surface area (Å²) in [6, 6.07) is 18.3. The van der Waals surface area contributed by atoms with Crippen LogP contribution in [-0.4, -0.2) is 46.1 Å². The molecule has 8 nitrogen and oxygen atoms in total. The Balaban J connectivity index is 1.17. The molecule has 3 aliphatic rings. The van der Waals surface area contributed by atoms with Crippen molar-refractivity contribution in [3.05, 3.63) is 72.6 Å². The lowest BCUT2D eigenvalue weighted by molar-refractivity contribution is -0.113. The number of benzene rings is 2. The second-order valence-electron chi connectivity index (χ2n) is 7.55. The van der Waals surface area contributed by atoms with Gasteiger partial charge in [-0.05, 0) is 24.1 Å². The molecule has 3 unspecified atom stereocenters. The van der Waals surface area contributed by atoms with E-state index in [0.29, 0.717) is 11.4 Å². The van der Waals surface area contributed by atoms with E-state index < -0.39 is 0 Å². The van der Waals surface area contributed by atoms with Crippen LogP contribution in [0.5, 0.6) is 5.75 Å². The first-order valence-electron chi connectivity index (χ1n) is 10.2. The highest BCUT2D eigenvalue weighted by Crippen LogP contribution is 2.35. The molecule has 3 heterocycles. The monoisotopic (exact) mass is 436 g/mol. The number of nitrogens with zero attached hydrogens (tertiary/aromatic N) is 3. The van der Waals surface area contributed by atoms with E-state index in [0.717, 1.165) is 11.6 Å². The van der Waals surface area contributed by atoms with Gasteiger partial charge < -0.3 is 20.0 Å². The Morgan fingerprint density at radius 3 is 2.94 bits per heavy atom. The highest BCUT2D eigenvalue weighted by molar-refractivity contribution is 8.14. The summed E-state index contributed by atoms with van der Waals surface area (Å²) < 4.78 is 5.20. The third-order valence-electron chi connectivity index (χ3n) is 5.59. The number of hydrazone groups is 1. The fraction of sp³-hybridized carbons (Fsp3) is 0.273. The first-order valence-corrected chi connectivity index (χ1v) is 11.2. The van der Waals surface area contributed by atoms with Crippen LogP contribution in [0.2, 0.25) is 0 Å². The first kappa shape index (κ1) is 19.8. The molecule has 31 heavy (non-hydrogen) atoms. The molecule has 1 saturated heterocycles. The van der Waals surface area contributed by atoms with E-state index in [-0.39, 0.29) is 29.9 Å². The van der Waals surface area contributed by atoms with Crippen LogP contribution in [0.1, 0.15) is 18.0 Å². The number of hydrazine groups is 1. The molecule has 0 radical (unpaired) electrons. The number of ether oxygens (including phenoxy) is 1. The predicted molar refractivity (Wildman–Crippen MR) is 122 cm³/mol. The standard InChI is InChI=1S/C22H24N6O2S/c1-30-17-9-5-8-16(12-17)23-20(29)14-31-22-25-24-21-19-13-18(15-6-3-2-4-7-15)26-28(19)11-10-27(21)22/h2-12,18-19,21,24,26H,13-14H2,1H3,(H,23,29). The molecule has 3 aliphatic heterocycles. The van der Waals surface area contributed by atoms with Crippen molar-refractivity contribution in [2.75, 3.05) is 18.2 Å². The van der Waals surface area contributed by atoms with Crippen molar-refractivity contribution in [1.29, 1.82) is 0 Å². The number of hydrogen-bond donors (Lipinski definition) is 3. The van der Waals surface area contributed by atoms with Crippen LogP contribution in [0.3, 0.4) is 0 Å². The summed E-state index contributed by atoms with van der Waals surface area (Å²) in [4.78, 5) is 14.5. The molecular weight excluding hydrogens is 412 g/mol. The van der Waals surface area contributed by atoms with E-state index in [9.17, 15) is 4.79 Å². The summed E-state index contributed by atoms with van der Waals surface area (Å²) in [5.41, 5.74) is 8.82. The number of rotatable bonds is 5. The van der Waals surface area contributed by atoms with Gasteiger partial charge in [0, 0.05) is 24.2 Å². The summed E-state index contributed by atoms with van der Waals surface area (Å²) in [7, 11) is 1.60. The SMILES string of the molecule is COc1cccc(NC(=O)CSC2=NNC3C4CC(c5ccccc5)NN4C=CN23)c1. The van der Waals surface area contributed by atoms with Crippen molar-refractivity contribution in [1.82, 2.24) is 20.8 Å². The second kappa shape index (κ2) is 8.52. The van der Waals surface area contributed by atoms with Crippen molar-refractivity contribution >= 4 is 28.5 Å². The lowest BCUT2D eigenvalue weighted by atomic mass is 10.00. The molecule has 0 spiro atoms. The lowest BCUT2D eigenvalue weighted by Gasteiger charge is -2.36. The van der Waals surface area contributed by atoms with Crippen LogP contribution >= 0.6 is 11.8 Å². The number of amidine groups is 1. The first-order chi connectivity index (χ1) is 15.2. The summed E-state index contributed by atoms with van der Waals surface area (Å²) in [6.07, 6.45) is 5.05. The van der Waals surface area contributed by atoms with Crippen LogP contribution in [0.4, 0.5) is 5.69 Å². The number of amides is 1. The molecular formula is C22H24N6O2S. The molecule has 0 aromatic heterocycles. The van der Waals surface area contributed by atoms with Crippen molar-refractivity contribution < 1.29 is 9.53 Å². The predicted octanol–water partition coefficient (Wildman–Crippen LogP) is 2.67. The summed E-state index contributed by atoms with van der Waals surface area (Å²) in [5, 5.41) is 10.4. The molecule has 1 amide bonds. The van der Waals surface area contributed by atoms with Gasteiger partial charge in [-0.1, -0.05) is 48.2 Å². The van der Waals surface area contributed by atoms with E-state index in [1.807, 2.05) is 36.7 Å². The van der Waals surface area contributed by atoms with E-state index in [1.54, 1.807) is 13.2 Å². The summed E-state index contributed by atoms with van der Waals surface area (Å²) in [6.45, 7) is 0. The van der Waals surface area contributed by atoms with Gasteiger partial charge in [-0.15, -0.1) is 0 Å². The zero-order valence-corrected chi connectivity index (χ0v) is 17.9. The molecule has 1 fully saturated rings. The van der Waals surface area contributed by atoms with Crippen molar-refractivity contribution in [2.45, 2.75) is 24.7 Å². The Morgan fingerprint density at radius 1 is 1.23 bits per heavy atom. The zero-order chi connectivity index (χ0) is 21.2. The highest BCUT2D eigenvalue weighted by Gasteiger charge is 2.44. The topological polar surface area (TPSA) is 81.2 Å². The van der Waals surface area contributed by atoms with Gasteiger partial charge >= 0.3 is 0 Å². The largest absolute Gasteiger partial charge is 0.497 e. The van der Waals surface area contributed by atoms with Gasteiger partial charge in [0.1, 0.15) is 11.9 Å². The maximum Gasteiger partial charge on any atom is 0.234 e. The van der Waals surface area contributed by atoms with Crippen molar-refractivity contribution in [3.8, 4) is 5.75 Å². The third kappa shape index (κ3) is 4.06. The van der Waals surface area contributed by atoms with Crippen LogP contribution in [0, 0.1) is 0 Å². The van der Waals surface area contributed by atoms with Crippen LogP contribution in [0.25, 0.3) is 0 Å². The number of methoxy groups -OCH3 is 1. The van der Waals surface area contributed by atoms with Gasteiger partial charge in [0.05, 0.1) is 24.9 Å². The Hall–Kier alpha value is -3.17. The van der Waals surface area contributed by atoms with E-state index in [2.05, 4.69) is 55.4 Å². The molecule has 0 aliphatic carbocycles. The maximum absolute atomic E-state index is 12.4. The van der Waals surface area contributed by atoms with E-state index in [1.165, 1.54) is 17.3 Å². The molecule has 3 atom stereocenters. The number of thioether (sulfide) groups is 1. The van der Waals surface area contributed by atoms with Gasteiger partial charge in [-0.3, -0.25) is 10.2 Å². The Bertz CT molecular complexity index is 1010. The molecule has 5 rings (SSSR count). The van der Waals surface area contributed by atoms with Crippen LogP contribution in [0.15, 0.2) is 72.1 Å². The number of carbonyl (C=O) groups excluding carboxylic acids is 1. The van der Waals surface area contributed by atoms with Gasteiger partial charge in [-0.2, -0.15) is 5.10 Å². The average Bonchev–Trinajstić information content (AvgIpc) is 3.42. The highest BCUT2D eigenvalue weighted by atomic mass is 32.2. The Kier molecular flexibility index (Phi) is 5.44. The number of carbonyl (C=O) groups is 1. The third-order valence-corrected chi connectivity index (χ3v) is 6.56. The molecule has 0 saturated carbocycles. The summed E-state index contributed by atoms with van der Waals surface area (Å²) >= 11 is 1.42. The molecule has 160 valence electrons. The normalized spacial score (nSPS) is 23.6. The summed E-state index contributed by atoms with van der Waals surface area (Å²) in [5.74, 6) is 0.895. The molecule has 2 aromatic carbocycles. The molecule has 9 heteroatoms. The van der Waals surface area contributed by atoms with Gasteiger partial charge in [0.25, 0.3) is 0 Å². The number of nitrogens with one attached hydrogen (secondary N) is 3. The Morgan fingerprint density at radius 2 is 2.10 bits per heavy atom. The average molecular weight is 437 g/mol. The van der Waals surface area contributed by atoms with Crippen molar-refractivity contribution in [2.24, 2.45) is 5.10 Å². The van der Waals surface area contributed by atoms with E-state index >= 15 is 0 Å². The molecule has 2 aromatic rings. The fourth-order valence-electron chi connectivity index (χ4n) is 4.08.